The van der Waals surface area contributed by atoms with Crippen LogP contribution < -0.4 is 15.2 Å². The van der Waals surface area contributed by atoms with Crippen molar-refractivity contribution in [2.24, 2.45) is 5.73 Å². The monoisotopic (exact) mass is 278 g/mol. The van der Waals surface area contributed by atoms with Gasteiger partial charge in [-0.3, -0.25) is 4.90 Å². The average molecular weight is 278 g/mol. The van der Waals surface area contributed by atoms with Crippen LogP contribution in [0.2, 0.25) is 0 Å². The van der Waals surface area contributed by atoms with E-state index >= 15 is 0 Å². The third kappa shape index (κ3) is 2.75. The van der Waals surface area contributed by atoms with Gasteiger partial charge in [0.25, 0.3) is 0 Å². The fraction of sp³-hybridized carbons (Fsp3) is 0.600. The van der Waals surface area contributed by atoms with E-state index in [0.29, 0.717) is 19.4 Å². The molecule has 0 radical (unpaired) electrons. The number of fused-ring (bicyclic) bond motifs is 1. The SMILES string of the molecule is COCCN(C1CC1)C(CN)c1ccc2c(c1)OCO2. The van der Waals surface area contributed by atoms with Gasteiger partial charge in [0.2, 0.25) is 6.79 Å². The highest BCUT2D eigenvalue weighted by Gasteiger charge is 2.34. The number of methoxy groups -OCH3 is 1. The van der Waals surface area contributed by atoms with E-state index in [1.54, 1.807) is 7.11 Å². The van der Waals surface area contributed by atoms with Crippen LogP contribution in [0, 0.1) is 0 Å². The van der Waals surface area contributed by atoms with Crippen molar-refractivity contribution in [2.75, 3.05) is 33.6 Å². The van der Waals surface area contributed by atoms with Gasteiger partial charge in [0.1, 0.15) is 0 Å². The van der Waals surface area contributed by atoms with Crippen LogP contribution in [-0.2, 0) is 4.74 Å². The van der Waals surface area contributed by atoms with Crippen molar-refractivity contribution in [3.05, 3.63) is 23.8 Å². The summed E-state index contributed by atoms with van der Waals surface area (Å²) < 4.78 is 16.1. The number of ether oxygens (including phenoxy) is 3. The zero-order chi connectivity index (χ0) is 13.9. The van der Waals surface area contributed by atoms with Crippen LogP contribution in [0.3, 0.4) is 0 Å². The van der Waals surface area contributed by atoms with Gasteiger partial charge in [-0.1, -0.05) is 6.07 Å². The fourth-order valence-corrected chi connectivity index (χ4v) is 2.78. The van der Waals surface area contributed by atoms with Crippen LogP contribution in [0.15, 0.2) is 18.2 Å². The molecule has 1 aliphatic carbocycles. The van der Waals surface area contributed by atoms with Gasteiger partial charge in [-0.25, -0.2) is 0 Å². The van der Waals surface area contributed by atoms with Crippen molar-refractivity contribution < 1.29 is 14.2 Å². The largest absolute Gasteiger partial charge is 0.454 e. The van der Waals surface area contributed by atoms with Gasteiger partial charge in [0.05, 0.1) is 6.61 Å². The summed E-state index contributed by atoms with van der Waals surface area (Å²) in [7, 11) is 1.74. The van der Waals surface area contributed by atoms with E-state index < -0.39 is 0 Å². The first-order valence-electron chi connectivity index (χ1n) is 7.17. The Bertz CT molecular complexity index is 462. The molecule has 1 saturated carbocycles. The number of rotatable bonds is 7. The summed E-state index contributed by atoms with van der Waals surface area (Å²) >= 11 is 0. The molecule has 0 saturated heterocycles. The van der Waals surface area contributed by atoms with Crippen molar-refractivity contribution in [3.8, 4) is 11.5 Å². The van der Waals surface area contributed by atoms with E-state index in [0.717, 1.165) is 24.7 Å². The minimum Gasteiger partial charge on any atom is -0.454 e. The lowest BCUT2D eigenvalue weighted by Crippen LogP contribution is -2.37. The smallest absolute Gasteiger partial charge is 0.231 e. The van der Waals surface area contributed by atoms with Crippen LogP contribution in [0.1, 0.15) is 24.4 Å². The molecule has 0 amide bonds. The summed E-state index contributed by atoms with van der Waals surface area (Å²) in [5.41, 5.74) is 7.23. The van der Waals surface area contributed by atoms with Crippen molar-refractivity contribution >= 4 is 0 Å². The van der Waals surface area contributed by atoms with E-state index in [1.807, 2.05) is 6.07 Å². The van der Waals surface area contributed by atoms with Gasteiger partial charge in [-0.15, -0.1) is 0 Å². The third-order valence-corrected chi connectivity index (χ3v) is 3.97. The Morgan fingerprint density at radius 3 is 2.85 bits per heavy atom. The zero-order valence-corrected chi connectivity index (χ0v) is 11.9. The molecule has 1 aromatic carbocycles. The summed E-state index contributed by atoms with van der Waals surface area (Å²) in [4.78, 5) is 2.46. The molecule has 110 valence electrons. The Hall–Kier alpha value is -1.30. The van der Waals surface area contributed by atoms with Crippen molar-refractivity contribution in [2.45, 2.75) is 24.9 Å². The first-order chi connectivity index (χ1) is 9.83. The van der Waals surface area contributed by atoms with E-state index in [9.17, 15) is 0 Å². The standard InChI is InChI=1S/C15H22N2O3/c1-18-7-6-17(12-3-4-12)13(9-16)11-2-5-14-15(8-11)20-10-19-14/h2,5,8,12-13H,3-4,6-7,9-10,16H2,1H3. The summed E-state index contributed by atoms with van der Waals surface area (Å²) in [6.45, 7) is 2.55. The van der Waals surface area contributed by atoms with Gasteiger partial charge < -0.3 is 19.9 Å². The first-order valence-corrected chi connectivity index (χ1v) is 7.17. The quantitative estimate of drug-likeness (QED) is 0.819. The van der Waals surface area contributed by atoms with E-state index in [1.165, 1.54) is 18.4 Å². The van der Waals surface area contributed by atoms with Crippen molar-refractivity contribution in [3.63, 3.8) is 0 Å². The minimum absolute atomic E-state index is 0.215. The summed E-state index contributed by atoms with van der Waals surface area (Å²) in [6, 6.07) is 6.98. The van der Waals surface area contributed by atoms with Crippen molar-refractivity contribution in [1.29, 1.82) is 0 Å². The molecule has 1 heterocycles. The lowest BCUT2D eigenvalue weighted by Gasteiger charge is -2.31. The Kier molecular flexibility index (Phi) is 4.10. The summed E-state index contributed by atoms with van der Waals surface area (Å²) in [5, 5.41) is 0. The van der Waals surface area contributed by atoms with E-state index in [2.05, 4.69) is 17.0 Å². The number of nitrogens with zero attached hydrogens (tertiary/aromatic N) is 1. The number of benzene rings is 1. The van der Waals surface area contributed by atoms with Crippen LogP contribution in [0.25, 0.3) is 0 Å². The molecule has 0 spiro atoms. The molecule has 2 aliphatic rings. The predicted molar refractivity (Wildman–Crippen MR) is 76.0 cm³/mol. The van der Waals surface area contributed by atoms with E-state index in [4.69, 9.17) is 19.9 Å². The van der Waals surface area contributed by atoms with Gasteiger partial charge in [0, 0.05) is 32.3 Å². The highest BCUT2D eigenvalue weighted by atomic mass is 16.7. The lowest BCUT2D eigenvalue weighted by molar-refractivity contribution is 0.115. The van der Waals surface area contributed by atoms with Crippen LogP contribution >= 0.6 is 0 Å². The normalized spacial score (nSPS) is 18.6. The second kappa shape index (κ2) is 5.99. The predicted octanol–water partition coefficient (Wildman–Crippen LogP) is 1.53. The third-order valence-electron chi connectivity index (χ3n) is 3.97. The van der Waals surface area contributed by atoms with E-state index in [-0.39, 0.29) is 6.04 Å². The minimum atomic E-state index is 0.215. The fourth-order valence-electron chi connectivity index (χ4n) is 2.78. The molecule has 20 heavy (non-hydrogen) atoms. The number of hydrogen-bond acceptors (Lipinski definition) is 5. The second-order valence-electron chi connectivity index (χ2n) is 5.33. The van der Waals surface area contributed by atoms with Crippen LogP contribution in [0.5, 0.6) is 11.5 Å². The molecule has 0 bridgehead atoms. The summed E-state index contributed by atoms with van der Waals surface area (Å²) in [5.74, 6) is 1.64. The van der Waals surface area contributed by atoms with Gasteiger partial charge in [-0.2, -0.15) is 0 Å². The first kappa shape index (κ1) is 13.7. The van der Waals surface area contributed by atoms with Crippen LogP contribution in [0.4, 0.5) is 0 Å². The number of hydrogen-bond donors (Lipinski definition) is 1. The molecule has 5 heteroatoms. The molecule has 1 aromatic rings. The molecule has 0 aromatic heterocycles. The van der Waals surface area contributed by atoms with Gasteiger partial charge in [-0.05, 0) is 30.5 Å². The molecule has 1 fully saturated rings. The molecular formula is C15H22N2O3. The van der Waals surface area contributed by atoms with Gasteiger partial charge in [0.15, 0.2) is 11.5 Å². The maximum absolute atomic E-state index is 6.03. The topological polar surface area (TPSA) is 57.0 Å². The number of nitrogens with two attached hydrogens (primary N) is 1. The molecular weight excluding hydrogens is 256 g/mol. The zero-order valence-electron chi connectivity index (χ0n) is 11.9. The highest BCUT2D eigenvalue weighted by molar-refractivity contribution is 5.45. The Morgan fingerprint density at radius 1 is 1.35 bits per heavy atom. The average Bonchev–Trinajstić information content (AvgIpc) is 3.20. The Labute approximate surface area is 119 Å². The lowest BCUT2D eigenvalue weighted by atomic mass is 10.0. The molecule has 5 nitrogen and oxygen atoms in total. The highest BCUT2D eigenvalue weighted by Crippen LogP contribution is 2.38. The maximum Gasteiger partial charge on any atom is 0.231 e. The maximum atomic E-state index is 6.03. The molecule has 2 N–H and O–H groups in total. The Morgan fingerprint density at radius 2 is 2.15 bits per heavy atom. The molecule has 1 unspecified atom stereocenters. The molecule has 1 aliphatic heterocycles. The molecule has 1 atom stereocenters. The second-order valence-corrected chi connectivity index (χ2v) is 5.33. The van der Waals surface area contributed by atoms with Crippen molar-refractivity contribution in [1.82, 2.24) is 4.90 Å². The van der Waals surface area contributed by atoms with Crippen LogP contribution in [-0.4, -0.2) is 44.5 Å². The molecule has 3 rings (SSSR count). The van der Waals surface area contributed by atoms with Gasteiger partial charge >= 0.3 is 0 Å². The Balaban J connectivity index is 1.80. The summed E-state index contributed by atoms with van der Waals surface area (Å²) in [6.07, 6.45) is 2.51.